The van der Waals surface area contributed by atoms with Crippen molar-refractivity contribution < 1.29 is 19.0 Å². The molecule has 3 aromatic carbocycles. The van der Waals surface area contributed by atoms with Crippen molar-refractivity contribution in [3.8, 4) is 17.2 Å². The van der Waals surface area contributed by atoms with E-state index in [0.717, 1.165) is 28.1 Å². The molecule has 0 bridgehead atoms. The van der Waals surface area contributed by atoms with Crippen LogP contribution in [0.4, 0.5) is 5.69 Å². The lowest BCUT2D eigenvalue weighted by molar-refractivity contribution is 0.0945. The van der Waals surface area contributed by atoms with Crippen LogP contribution in [-0.4, -0.2) is 33.7 Å². The average molecular weight is 527 g/mol. The van der Waals surface area contributed by atoms with Gasteiger partial charge in [-0.3, -0.25) is 4.79 Å². The summed E-state index contributed by atoms with van der Waals surface area (Å²) in [6, 6.07) is 12.8. The summed E-state index contributed by atoms with van der Waals surface area (Å²) in [5.41, 5.74) is 4.56. The quantitative estimate of drug-likeness (QED) is 0.373. The zero-order valence-electron chi connectivity index (χ0n) is 20.7. The minimum absolute atomic E-state index is 0.256. The zero-order valence-corrected chi connectivity index (χ0v) is 22.2. The number of hydrogen-bond donors (Lipinski definition) is 1. The number of anilines is 1. The van der Waals surface area contributed by atoms with Crippen molar-refractivity contribution in [2.45, 2.75) is 20.1 Å². The molecule has 0 atom stereocenters. The molecule has 0 fully saturated rings. The minimum Gasteiger partial charge on any atom is -0.497 e. The maximum Gasteiger partial charge on any atom is 0.255 e. The van der Waals surface area contributed by atoms with E-state index in [0.29, 0.717) is 39.2 Å². The zero-order chi connectivity index (χ0) is 25.8. The largest absolute Gasteiger partial charge is 0.497 e. The van der Waals surface area contributed by atoms with Crippen molar-refractivity contribution in [1.82, 2.24) is 5.32 Å². The molecule has 1 N–H and O–H groups in total. The van der Waals surface area contributed by atoms with Crippen molar-refractivity contribution in [2.24, 2.45) is 0 Å². The number of nitrogens with one attached hydrogen (secondary N) is 1. The van der Waals surface area contributed by atoms with Gasteiger partial charge >= 0.3 is 0 Å². The topological polar surface area (TPSA) is 60.0 Å². The summed E-state index contributed by atoms with van der Waals surface area (Å²) in [6.07, 6.45) is 4.07. The van der Waals surface area contributed by atoms with Gasteiger partial charge < -0.3 is 24.4 Å². The minimum atomic E-state index is -0.280. The number of ether oxygens (including phenoxy) is 3. The molecule has 4 rings (SSSR count). The Morgan fingerprint density at radius 2 is 1.69 bits per heavy atom. The van der Waals surface area contributed by atoms with Crippen molar-refractivity contribution in [3.05, 3.63) is 86.4 Å². The fourth-order valence-electron chi connectivity index (χ4n) is 4.33. The second-order valence-electron chi connectivity index (χ2n) is 8.50. The molecule has 3 aromatic rings. The van der Waals surface area contributed by atoms with Gasteiger partial charge in [-0.05, 0) is 48.4 Å². The van der Waals surface area contributed by atoms with Gasteiger partial charge in [0.2, 0.25) is 0 Å². The summed E-state index contributed by atoms with van der Waals surface area (Å²) in [7, 11) is 5.20. The summed E-state index contributed by atoms with van der Waals surface area (Å²) in [6.45, 7) is 3.09. The molecule has 0 aromatic heterocycles. The second kappa shape index (κ2) is 11.1. The lowest BCUT2D eigenvalue weighted by Crippen LogP contribution is -2.28. The molecule has 1 amide bonds. The molecule has 0 spiro atoms. The number of carbonyl (C=O) groups is 1. The number of fused-ring (bicyclic) bond motifs is 1. The summed E-state index contributed by atoms with van der Waals surface area (Å²) in [5.74, 6) is 1.63. The Morgan fingerprint density at radius 3 is 2.33 bits per heavy atom. The van der Waals surface area contributed by atoms with Crippen LogP contribution in [-0.2, 0) is 13.2 Å². The Hall–Kier alpha value is -3.35. The average Bonchev–Trinajstić information content (AvgIpc) is 2.85. The van der Waals surface area contributed by atoms with Gasteiger partial charge in [0.25, 0.3) is 5.91 Å². The molecule has 1 heterocycles. The molecule has 36 heavy (non-hydrogen) atoms. The molecule has 0 radical (unpaired) electrons. The number of nitrogens with zero attached hydrogens (tertiary/aromatic N) is 1. The summed E-state index contributed by atoms with van der Waals surface area (Å²) < 4.78 is 17.4. The van der Waals surface area contributed by atoms with Crippen molar-refractivity contribution in [1.29, 1.82) is 0 Å². The van der Waals surface area contributed by atoms with E-state index in [9.17, 15) is 4.79 Å². The normalized spacial score (nSPS) is 12.2. The van der Waals surface area contributed by atoms with E-state index < -0.39 is 0 Å². The smallest absolute Gasteiger partial charge is 0.255 e. The van der Waals surface area contributed by atoms with E-state index in [-0.39, 0.29) is 19.1 Å². The van der Waals surface area contributed by atoms with Gasteiger partial charge in [0.15, 0.2) is 5.75 Å². The summed E-state index contributed by atoms with van der Waals surface area (Å²) in [5, 5.41) is 4.01. The Bertz CT molecular complexity index is 1290. The van der Waals surface area contributed by atoms with Crippen LogP contribution in [0.3, 0.4) is 0 Å². The molecule has 0 aliphatic carbocycles. The third-order valence-corrected chi connectivity index (χ3v) is 6.49. The Labute approximate surface area is 221 Å². The van der Waals surface area contributed by atoms with Crippen LogP contribution in [0.15, 0.2) is 48.5 Å². The van der Waals surface area contributed by atoms with Gasteiger partial charge in [0.1, 0.15) is 18.1 Å². The van der Waals surface area contributed by atoms with E-state index in [4.69, 9.17) is 37.4 Å². The first-order valence-electron chi connectivity index (χ1n) is 11.4. The first-order valence-corrected chi connectivity index (χ1v) is 12.2. The van der Waals surface area contributed by atoms with Crippen LogP contribution in [0.25, 0.3) is 6.08 Å². The number of likely N-dealkylation sites (N-methyl/N-ethyl adjacent to an activating group) is 1. The maximum absolute atomic E-state index is 13.6. The van der Waals surface area contributed by atoms with Crippen LogP contribution >= 0.6 is 23.2 Å². The molecule has 0 saturated heterocycles. The van der Waals surface area contributed by atoms with Gasteiger partial charge in [-0.15, -0.1) is 0 Å². The first kappa shape index (κ1) is 25.7. The molecule has 1 aliphatic heterocycles. The van der Waals surface area contributed by atoms with Gasteiger partial charge in [-0.2, -0.15) is 0 Å². The lowest BCUT2D eigenvalue weighted by Gasteiger charge is -2.30. The Balaban J connectivity index is 1.73. The second-order valence-corrected chi connectivity index (χ2v) is 9.38. The van der Waals surface area contributed by atoms with Gasteiger partial charge in [0.05, 0.1) is 25.5 Å². The molecule has 0 unspecified atom stereocenters. The number of rotatable bonds is 8. The van der Waals surface area contributed by atoms with Crippen molar-refractivity contribution in [3.63, 3.8) is 0 Å². The van der Waals surface area contributed by atoms with E-state index in [1.807, 2.05) is 49.2 Å². The highest BCUT2D eigenvalue weighted by atomic mass is 35.5. The fourth-order valence-corrected chi connectivity index (χ4v) is 4.90. The Morgan fingerprint density at radius 1 is 1.00 bits per heavy atom. The van der Waals surface area contributed by atoms with Gasteiger partial charge in [-0.1, -0.05) is 47.5 Å². The van der Waals surface area contributed by atoms with Crippen LogP contribution in [0.2, 0.25) is 10.0 Å². The van der Waals surface area contributed by atoms with Crippen LogP contribution < -0.4 is 24.4 Å². The standard InChI is InChI=1S/C28H28Cl2N2O4/c1-17-24(28(33)31-15-19-12-20(29)14-21(30)13-19)27(36-16-18-7-9-22(34-3)10-8-18)25-23(26(17)35-4)6-5-11-32(25)2/h5-10,12-14H,11,15-16H2,1-4H3,(H,31,33). The van der Waals surface area contributed by atoms with Gasteiger partial charge in [0, 0.05) is 41.3 Å². The number of hydrogen-bond acceptors (Lipinski definition) is 5. The molecule has 6 nitrogen and oxygen atoms in total. The van der Waals surface area contributed by atoms with E-state index >= 15 is 0 Å². The number of amides is 1. The third kappa shape index (κ3) is 5.40. The number of carbonyl (C=O) groups excluding carboxylic acids is 1. The maximum atomic E-state index is 13.6. The van der Waals surface area contributed by atoms with E-state index in [2.05, 4.69) is 11.4 Å². The fraction of sp³-hybridized carbons (Fsp3) is 0.250. The third-order valence-electron chi connectivity index (χ3n) is 6.05. The molecule has 1 aliphatic rings. The molecular weight excluding hydrogens is 499 g/mol. The van der Waals surface area contributed by atoms with Crippen LogP contribution in [0.5, 0.6) is 17.2 Å². The monoisotopic (exact) mass is 526 g/mol. The first-order chi connectivity index (χ1) is 17.3. The SMILES string of the molecule is COc1ccc(COc2c(C(=O)NCc3cc(Cl)cc(Cl)c3)c(C)c(OC)c3c2N(C)CC=C3)cc1. The highest BCUT2D eigenvalue weighted by Gasteiger charge is 2.29. The van der Waals surface area contributed by atoms with Crippen LogP contribution in [0, 0.1) is 6.92 Å². The lowest BCUT2D eigenvalue weighted by atomic mass is 9.96. The molecule has 8 heteroatoms. The summed E-state index contributed by atoms with van der Waals surface area (Å²) in [4.78, 5) is 15.7. The number of methoxy groups -OCH3 is 2. The van der Waals surface area contributed by atoms with E-state index in [1.165, 1.54) is 0 Å². The molecular formula is C28H28Cl2N2O4. The molecule has 0 saturated carbocycles. The van der Waals surface area contributed by atoms with Crippen molar-refractivity contribution in [2.75, 3.05) is 32.7 Å². The highest BCUT2D eigenvalue weighted by Crippen LogP contribution is 2.46. The summed E-state index contributed by atoms with van der Waals surface area (Å²) >= 11 is 12.3. The molecule has 188 valence electrons. The van der Waals surface area contributed by atoms with Crippen LogP contribution in [0.1, 0.15) is 32.6 Å². The number of benzene rings is 3. The Kier molecular flexibility index (Phi) is 7.97. The van der Waals surface area contributed by atoms with Crippen molar-refractivity contribution >= 4 is 40.9 Å². The predicted octanol–water partition coefficient (Wildman–Crippen LogP) is 6.29. The van der Waals surface area contributed by atoms with Gasteiger partial charge in [-0.25, -0.2) is 0 Å². The number of halogens is 2. The van der Waals surface area contributed by atoms with E-state index in [1.54, 1.807) is 32.4 Å². The highest BCUT2D eigenvalue weighted by molar-refractivity contribution is 6.34. The predicted molar refractivity (Wildman–Crippen MR) is 145 cm³/mol.